The van der Waals surface area contributed by atoms with Gasteiger partial charge in [0.15, 0.2) is 11.6 Å². The van der Waals surface area contributed by atoms with Gasteiger partial charge in [0.25, 0.3) is 0 Å². The van der Waals surface area contributed by atoms with Crippen LogP contribution in [-0.2, 0) is 0 Å². The minimum atomic E-state index is -0.207. The lowest BCUT2D eigenvalue weighted by Crippen LogP contribution is -2.44. The molecule has 13 heteroatoms. The van der Waals surface area contributed by atoms with Crippen molar-refractivity contribution >= 4 is 63.9 Å². The molecule has 2 fully saturated rings. The Morgan fingerprint density at radius 3 is 2.57 bits per heavy atom. The molecule has 0 atom stereocenters. The number of aromatic nitrogens is 3. The first-order chi connectivity index (χ1) is 17.9. The zero-order valence-electron chi connectivity index (χ0n) is 20.5. The molecule has 37 heavy (non-hydrogen) atoms. The van der Waals surface area contributed by atoms with Gasteiger partial charge in [-0.05, 0) is 25.2 Å². The van der Waals surface area contributed by atoms with E-state index < -0.39 is 0 Å². The number of ether oxygens (including phenoxy) is 1. The number of pyridine rings is 1. The van der Waals surface area contributed by atoms with Crippen LogP contribution in [-0.4, -0.2) is 79.3 Å². The summed E-state index contributed by atoms with van der Waals surface area (Å²) >= 11 is 13.1. The highest BCUT2D eigenvalue weighted by atomic mass is 35.5. The predicted octanol–water partition coefficient (Wildman–Crippen LogP) is 3.96. The first kappa shape index (κ1) is 25.1. The minimum Gasteiger partial charge on any atom is -0.494 e. The number of likely N-dealkylation sites (N-methyl/N-ethyl adjacent to an activating group) is 1. The summed E-state index contributed by atoms with van der Waals surface area (Å²) in [6.45, 7) is 4.77. The molecule has 1 aromatic carbocycles. The van der Waals surface area contributed by atoms with E-state index in [0.29, 0.717) is 51.9 Å². The molecule has 3 N–H and O–H groups in total. The summed E-state index contributed by atoms with van der Waals surface area (Å²) in [7, 11) is 3.72. The summed E-state index contributed by atoms with van der Waals surface area (Å²) in [5.74, 6) is 1.74. The van der Waals surface area contributed by atoms with Gasteiger partial charge in [0.05, 0.1) is 35.4 Å². The number of carbonyl (C=O) groups is 1. The maximum Gasteiger partial charge on any atom is 0.323 e. The molecular formula is C24H27Cl2N9O2. The topological polar surface area (TPSA) is 111 Å². The monoisotopic (exact) mass is 543 g/mol. The first-order valence-corrected chi connectivity index (χ1v) is 12.6. The number of urea groups is 1. The molecule has 2 saturated heterocycles. The predicted molar refractivity (Wildman–Crippen MR) is 146 cm³/mol. The molecule has 2 amide bonds. The number of carbonyl (C=O) groups excluding carboxylic acids is 1. The van der Waals surface area contributed by atoms with Crippen LogP contribution in [0.2, 0.25) is 10.0 Å². The minimum absolute atomic E-state index is 0.207. The largest absolute Gasteiger partial charge is 0.494 e. The van der Waals surface area contributed by atoms with Gasteiger partial charge in [-0.3, -0.25) is 4.90 Å². The number of hydrogen-bond donors (Lipinski definition) is 3. The Kier molecular flexibility index (Phi) is 7.36. The summed E-state index contributed by atoms with van der Waals surface area (Å²) in [6.07, 6.45) is 3.12. The molecule has 3 aromatic rings. The summed E-state index contributed by atoms with van der Waals surface area (Å²) in [5.41, 5.74) is 2.13. The van der Waals surface area contributed by atoms with Crippen LogP contribution in [0.25, 0.3) is 0 Å². The van der Waals surface area contributed by atoms with E-state index in [1.165, 1.54) is 6.20 Å². The maximum absolute atomic E-state index is 12.2. The zero-order valence-corrected chi connectivity index (χ0v) is 22.0. The van der Waals surface area contributed by atoms with Gasteiger partial charge in [-0.15, -0.1) is 0 Å². The number of nitrogens with zero attached hydrogens (tertiary/aromatic N) is 6. The summed E-state index contributed by atoms with van der Waals surface area (Å²) in [6, 6.07) is 7.10. The summed E-state index contributed by atoms with van der Waals surface area (Å²) in [5, 5.41) is 10.1. The van der Waals surface area contributed by atoms with Crippen LogP contribution in [0, 0.1) is 0 Å². The van der Waals surface area contributed by atoms with Crippen LogP contribution in [0.5, 0.6) is 5.75 Å². The lowest BCUT2D eigenvalue weighted by Gasteiger charge is -2.34. The summed E-state index contributed by atoms with van der Waals surface area (Å²) in [4.78, 5) is 31.5. The standard InChI is InChI=1S/C24H27Cl2N9O2/c1-33-8-10-34(11-9-33)19-13-20(37-2)18(12-15(19)25)31-23-29-14-16(26)21(32-23)30-17-4-3-5-27-22(17)35-7-6-28-24(35)36/h3-5,12-14H,6-11H2,1-2H3,(H,28,36)(H2,29,30,31,32). The molecule has 0 radical (unpaired) electrons. The molecule has 0 spiro atoms. The smallest absolute Gasteiger partial charge is 0.323 e. The Morgan fingerprint density at radius 1 is 1.03 bits per heavy atom. The first-order valence-electron chi connectivity index (χ1n) is 11.8. The van der Waals surface area contributed by atoms with E-state index in [0.717, 1.165) is 31.9 Å². The van der Waals surface area contributed by atoms with Crippen LogP contribution in [0.4, 0.5) is 39.4 Å². The van der Waals surface area contributed by atoms with Crippen LogP contribution in [0.1, 0.15) is 0 Å². The van der Waals surface area contributed by atoms with Gasteiger partial charge in [-0.1, -0.05) is 23.2 Å². The second-order valence-corrected chi connectivity index (χ2v) is 9.51. The average Bonchev–Trinajstić information content (AvgIpc) is 3.33. The molecule has 4 heterocycles. The van der Waals surface area contributed by atoms with Crippen molar-refractivity contribution < 1.29 is 9.53 Å². The molecule has 0 aliphatic carbocycles. The maximum atomic E-state index is 12.2. The van der Waals surface area contributed by atoms with Crippen LogP contribution in [0.15, 0.2) is 36.7 Å². The molecule has 2 aliphatic heterocycles. The fraction of sp³-hybridized carbons (Fsp3) is 0.333. The zero-order chi connectivity index (χ0) is 25.9. The van der Waals surface area contributed by atoms with Crippen molar-refractivity contribution in [2.24, 2.45) is 0 Å². The van der Waals surface area contributed by atoms with Gasteiger partial charge in [-0.25, -0.2) is 14.8 Å². The van der Waals surface area contributed by atoms with Crippen molar-refractivity contribution in [3.8, 4) is 5.75 Å². The fourth-order valence-electron chi connectivity index (χ4n) is 4.25. The highest BCUT2D eigenvalue weighted by Gasteiger charge is 2.25. The number of piperazine rings is 1. The number of amides is 2. The van der Waals surface area contributed by atoms with Gasteiger partial charge in [0.2, 0.25) is 5.95 Å². The van der Waals surface area contributed by atoms with Crippen molar-refractivity contribution in [2.75, 3.05) is 73.9 Å². The number of rotatable bonds is 7. The molecule has 11 nitrogen and oxygen atoms in total. The molecule has 194 valence electrons. The van der Waals surface area contributed by atoms with Crippen LogP contribution in [0.3, 0.4) is 0 Å². The Labute approximate surface area is 224 Å². The molecular weight excluding hydrogens is 517 g/mol. The molecule has 2 aliphatic rings. The number of halogens is 2. The van der Waals surface area contributed by atoms with Crippen molar-refractivity contribution in [2.45, 2.75) is 0 Å². The van der Waals surface area contributed by atoms with Gasteiger partial charge >= 0.3 is 6.03 Å². The SMILES string of the molecule is COc1cc(N2CCN(C)CC2)c(Cl)cc1Nc1ncc(Cl)c(Nc2cccnc2N2CCNC2=O)n1. The molecule has 0 bridgehead atoms. The van der Waals surface area contributed by atoms with Crippen molar-refractivity contribution in [1.29, 1.82) is 0 Å². The lowest BCUT2D eigenvalue weighted by molar-refractivity contribution is 0.252. The number of hydrogen-bond acceptors (Lipinski definition) is 9. The van der Waals surface area contributed by atoms with E-state index >= 15 is 0 Å². The van der Waals surface area contributed by atoms with Crippen molar-refractivity contribution in [3.63, 3.8) is 0 Å². The molecule has 2 aromatic heterocycles. The highest BCUT2D eigenvalue weighted by Crippen LogP contribution is 2.38. The number of nitrogens with one attached hydrogen (secondary N) is 3. The van der Waals surface area contributed by atoms with E-state index in [2.05, 4.69) is 47.7 Å². The Balaban J connectivity index is 1.39. The van der Waals surface area contributed by atoms with Crippen LogP contribution >= 0.6 is 23.2 Å². The highest BCUT2D eigenvalue weighted by molar-refractivity contribution is 6.34. The van der Waals surface area contributed by atoms with Gasteiger partial charge < -0.3 is 30.5 Å². The second kappa shape index (κ2) is 10.8. The summed E-state index contributed by atoms with van der Waals surface area (Å²) < 4.78 is 5.65. The Hall–Kier alpha value is -3.54. The lowest BCUT2D eigenvalue weighted by atomic mass is 10.2. The molecule has 5 rings (SSSR count). The van der Waals surface area contributed by atoms with E-state index in [1.54, 1.807) is 30.3 Å². The van der Waals surface area contributed by atoms with E-state index in [1.807, 2.05) is 12.1 Å². The average molecular weight is 544 g/mol. The van der Waals surface area contributed by atoms with Crippen molar-refractivity contribution in [3.05, 3.63) is 46.7 Å². The third-order valence-electron chi connectivity index (χ3n) is 6.26. The van der Waals surface area contributed by atoms with Gasteiger partial charge in [0.1, 0.15) is 10.8 Å². The van der Waals surface area contributed by atoms with E-state index in [4.69, 9.17) is 27.9 Å². The van der Waals surface area contributed by atoms with Crippen LogP contribution < -0.4 is 30.5 Å². The third-order valence-corrected chi connectivity index (χ3v) is 6.84. The molecule has 0 saturated carbocycles. The number of anilines is 6. The second-order valence-electron chi connectivity index (χ2n) is 8.69. The normalized spacial score (nSPS) is 16.1. The number of methoxy groups -OCH3 is 1. The van der Waals surface area contributed by atoms with E-state index in [-0.39, 0.29) is 12.0 Å². The third kappa shape index (κ3) is 5.43. The quantitative estimate of drug-likeness (QED) is 0.407. The Morgan fingerprint density at radius 2 is 1.84 bits per heavy atom. The van der Waals surface area contributed by atoms with E-state index in [9.17, 15) is 4.79 Å². The molecule has 0 unspecified atom stereocenters. The van der Waals surface area contributed by atoms with Gasteiger partial charge in [-0.2, -0.15) is 4.98 Å². The van der Waals surface area contributed by atoms with Crippen molar-refractivity contribution in [1.82, 2.24) is 25.2 Å². The number of benzene rings is 1. The fourth-order valence-corrected chi connectivity index (χ4v) is 4.67. The van der Waals surface area contributed by atoms with Gasteiger partial charge in [0, 0.05) is 51.5 Å². The Bertz CT molecular complexity index is 1300.